The van der Waals surface area contributed by atoms with Gasteiger partial charge in [-0.3, -0.25) is 4.79 Å². The van der Waals surface area contributed by atoms with Crippen LogP contribution in [0.2, 0.25) is 0 Å². The van der Waals surface area contributed by atoms with Crippen LogP contribution >= 0.6 is 0 Å². The van der Waals surface area contributed by atoms with Crippen molar-refractivity contribution in [3.05, 3.63) is 29.8 Å². The van der Waals surface area contributed by atoms with E-state index in [0.717, 1.165) is 19.3 Å². The molecular formula is C16H19NO3. The first kappa shape index (κ1) is 14.5. The molecule has 0 N–H and O–H groups in total. The van der Waals surface area contributed by atoms with Crippen molar-refractivity contribution >= 4 is 5.78 Å². The van der Waals surface area contributed by atoms with Crippen molar-refractivity contribution in [1.82, 2.24) is 0 Å². The summed E-state index contributed by atoms with van der Waals surface area (Å²) in [6.45, 7) is 0. The zero-order valence-corrected chi connectivity index (χ0v) is 11.9. The van der Waals surface area contributed by atoms with E-state index in [0.29, 0.717) is 17.7 Å². The Kier molecular flexibility index (Phi) is 4.41. The largest absolute Gasteiger partial charge is 0.497 e. The minimum absolute atomic E-state index is 0.0702. The second-order valence-electron chi connectivity index (χ2n) is 5.22. The predicted octanol–water partition coefficient (Wildman–Crippen LogP) is 2.83. The van der Waals surface area contributed by atoms with E-state index in [4.69, 9.17) is 9.47 Å². The van der Waals surface area contributed by atoms with Crippen molar-refractivity contribution in [3.63, 3.8) is 0 Å². The van der Waals surface area contributed by atoms with E-state index >= 15 is 0 Å². The lowest BCUT2D eigenvalue weighted by molar-refractivity contribution is -0.132. The lowest BCUT2D eigenvalue weighted by Crippen LogP contribution is -2.42. The first-order valence-corrected chi connectivity index (χ1v) is 6.75. The number of methoxy groups -OCH3 is 2. The maximum Gasteiger partial charge on any atom is 0.157 e. The first-order chi connectivity index (χ1) is 9.64. The van der Waals surface area contributed by atoms with E-state index in [2.05, 4.69) is 6.07 Å². The van der Waals surface area contributed by atoms with Crippen LogP contribution in [0.4, 0.5) is 0 Å². The summed E-state index contributed by atoms with van der Waals surface area (Å²) in [5.41, 5.74) is 0.377. The number of benzene rings is 1. The van der Waals surface area contributed by atoms with E-state index in [9.17, 15) is 10.1 Å². The predicted molar refractivity (Wildman–Crippen MR) is 74.6 cm³/mol. The Labute approximate surface area is 119 Å². The number of carbonyl (C=O) groups is 1. The Hall–Kier alpha value is -1.86. The van der Waals surface area contributed by atoms with Crippen molar-refractivity contribution in [1.29, 1.82) is 5.26 Å². The second-order valence-corrected chi connectivity index (χ2v) is 5.22. The van der Waals surface area contributed by atoms with Gasteiger partial charge in [-0.05, 0) is 37.0 Å². The summed E-state index contributed by atoms with van der Waals surface area (Å²) in [5.74, 6) is -0.0852. The summed E-state index contributed by atoms with van der Waals surface area (Å²) in [5, 5.41) is 9.29. The maximum atomic E-state index is 12.4. The Morgan fingerprint density at radius 1 is 1.35 bits per heavy atom. The zero-order chi connectivity index (χ0) is 14.6. The number of rotatable bonds is 6. The number of hydrogen-bond donors (Lipinski definition) is 0. The zero-order valence-electron chi connectivity index (χ0n) is 11.9. The average Bonchev–Trinajstić information content (AvgIpc) is 2.44. The standard InChI is InChI=1S/C16H19NO3/c1-19-13-6-4-12(5-7-13)14(11-17)15(18)10-16(20-2)8-3-9-16/h4-7,14H,3,8-10H2,1-2H3. The van der Waals surface area contributed by atoms with Crippen LogP contribution in [0.25, 0.3) is 0 Å². The van der Waals surface area contributed by atoms with Gasteiger partial charge in [0.05, 0.1) is 18.8 Å². The van der Waals surface area contributed by atoms with Crippen LogP contribution in [-0.4, -0.2) is 25.6 Å². The highest BCUT2D eigenvalue weighted by molar-refractivity contribution is 5.89. The summed E-state index contributed by atoms with van der Waals surface area (Å²) in [6, 6.07) is 9.17. The molecule has 1 aromatic carbocycles. The molecule has 1 aliphatic carbocycles. The topological polar surface area (TPSA) is 59.3 Å². The number of ether oxygens (including phenoxy) is 2. The molecule has 0 aromatic heterocycles. The monoisotopic (exact) mass is 273 g/mol. The van der Waals surface area contributed by atoms with Crippen LogP contribution in [0, 0.1) is 11.3 Å². The molecule has 0 aliphatic heterocycles. The molecule has 1 fully saturated rings. The SMILES string of the molecule is COc1ccc(C(C#N)C(=O)CC2(OC)CCC2)cc1. The third-order valence-corrected chi connectivity index (χ3v) is 4.09. The van der Waals surface area contributed by atoms with Crippen molar-refractivity contribution in [3.8, 4) is 11.8 Å². The van der Waals surface area contributed by atoms with Crippen molar-refractivity contribution in [2.45, 2.75) is 37.2 Å². The smallest absolute Gasteiger partial charge is 0.157 e. The fourth-order valence-corrected chi connectivity index (χ4v) is 2.57. The molecule has 1 aliphatic rings. The fourth-order valence-electron chi connectivity index (χ4n) is 2.57. The molecule has 1 aromatic rings. The van der Waals surface area contributed by atoms with E-state index < -0.39 is 5.92 Å². The number of Topliss-reactive ketones (excluding diaryl/α,β-unsaturated/α-hetero) is 1. The molecule has 106 valence electrons. The lowest BCUT2D eigenvalue weighted by Gasteiger charge is -2.40. The highest BCUT2D eigenvalue weighted by atomic mass is 16.5. The first-order valence-electron chi connectivity index (χ1n) is 6.75. The molecule has 1 atom stereocenters. The molecule has 4 nitrogen and oxygen atoms in total. The minimum atomic E-state index is -0.728. The van der Waals surface area contributed by atoms with Gasteiger partial charge in [0.15, 0.2) is 5.78 Å². The van der Waals surface area contributed by atoms with Crippen LogP contribution < -0.4 is 4.74 Å². The Morgan fingerprint density at radius 3 is 2.40 bits per heavy atom. The van der Waals surface area contributed by atoms with Crippen molar-refractivity contribution < 1.29 is 14.3 Å². The molecule has 0 spiro atoms. The molecule has 1 saturated carbocycles. The maximum absolute atomic E-state index is 12.4. The summed E-state index contributed by atoms with van der Waals surface area (Å²) < 4.78 is 10.5. The van der Waals surface area contributed by atoms with Gasteiger partial charge >= 0.3 is 0 Å². The van der Waals surface area contributed by atoms with Crippen LogP contribution in [-0.2, 0) is 9.53 Å². The molecule has 20 heavy (non-hydrogen) atoms. The second kappa shape index (κ2) is 6.06. The molecule has 0 saturated heterocycles. The van der Waals surface area contributed by atoms with Gasteiger partial charge in [-0.15, -0.1) is 0 Å². The van der Waals surface area contributed by atoms with Gasteiger partial charge in [-0.25, -0.2) is 0 Å². The van der Waals surface area contributed by atoms with Gasteiger partial charge in [0, 0.05) is 13.5 Å². The minimum Gasteiger partial charge on any atom is -0.497 e. The average molecular weight is 273 g/mol. The summed E-state index contributed by atoms with van der Waals surface area (Å²) in [7, 11) is 3.22. The van der Waals surface area contributed by atoms with E-state index in [1.54, 1.807) is 38.5 Å². The number of nitriles is 1. The van der Waals surface area contributed by atoms with Gasteiger partial charge in [0.1, 0.15) is 11.7 Å². The van der Waals surface area contributed by atoms with E-state index in [1.807, 2.05) is 0 Å². The summed E-state index contributed by atoms with van der Waals surface area (Å²) in [6.07, 6.45) is 3.20. The number of nitrogens with zero attached hydrogens (tertiary/aromatic N) is 1. The number of hydrogen-bond acceptors (Lipinski definition) is 4. The van der Waals surface area contributed by atoms with Gasteiger partial charge in [0.25, 0.3) is 0 Å². The highest BCUT2D eigenvalue weighted by Gasteiger charge is 2.40. The Morgan fingerprint density at radius 2 is 2.00 bits per heavy atom. The third-order valence-electron chi connectivity index (χ3n) is 4.09. The van der Waals surface area contributed by atoms with Gasteiger partial charge < -0.3 is 9.47 Å². The molecule has 0 heterocycles. The quantitative estimate of drug-likeness (QED) is 0.799. The molecule has 2 rings (SSSR count). The highest BCUT2D eigenvalue weighted by Crippen LogP contribution is 2.39. The summed E-state index contributed by atoms with van der Waals surface area (Å²) >= 11 is 0. The van der Waals surface area contributed by atoms with Crippen LogP contribution in [0.1, 0.15) is 37.2 Å². The van der Waals surface area contributed by atoms with Crippen LogP contribution in [0.5, 0.6) is 5.75 Å². The van der Waals surface area contributed by atoms with Crippen molar-refractivity contribution in [2.24, 2.45) is 0 Å². The van der Waals surface area contributed by atoms with E-state index in [-0.39, 0.29) is 11.4 Å². The Bertz CT molecular complexity index is 506. The van der Waals surface area contributed by atoms with Gasteiger partial charge in [-0.2, -0.15) is 5.26 Å². The third kappa shape index (κ3) is 2.83. The molecule has 0 amide bonds. The van der Waals surface area contributed by atoms with E-state index in [1.165, 1.54) is 0 Å². The number of carbonyl (C=O) groups excluding carboxylic acids is 1. The van der Waals surface area contributed by atoms with Gasteiger partial charge in [-0.1, -0.05) is 12.1 Å². The lowest BCUT2D eigenvalue weighted by atomic mass is 9.74. The van der Waals surface area contributed by atoms with Crippen LogP contribution in [0.3, 0.4) is 0 Å². The molecule has 0 radical (unpaired) electrons. The fraction of sp³-hybridized carbons (Fsp3) is 0.500. The normalized spacial score (nSPS) is 17.6. The van der Waals surface area contributed by atoms with Gasteiger partial charge in [0.2, 0.25) is 0 Å². The molecule has 1 unspecified atom stereocenters. The molecule has 0 bridgehead atoms. The molecular weight excluding hydrogens is 254 g/mol. The number of ketones is 1. The van der Waals surface area contributed by atoms with Crippen molar-refractivity contribution in [2.75, 3.05) is 14.2 Å². The van der Waals surface area contributed by atoms with Crippen LogP contribution in [0.15, 0.2) is 24.3 Å². The summed E-state index contributed by atoms with van der Waals surface area (Å²) in [4.78, 5) is 12.4. The Balaban J connectivity index is 2.11. The molecule has 4 heteroatoms.